The Morgan fingerprint density at radius 3 is 1.97 bits per heavy atom. The highest BCUT2D eigenvalue weighted by atomic mass is 16.4. The number of anilines is 2. The van der Waals surface area contributed by atoms with E-state index in [2.05, 4.69) is 10.2 Å². The predicted molar refractivity (Wildman–Crippen MR) is 126 cm³/mol. The Labute approximate surface area is 197 Å². The molecule has 2 aromatic carbocycles. The van der Waals surface area contributed by atoms with E-state index in [1.165, 1.54) is 66.8 Å². The summed E-state index contributed by atoms with van der Waals surface area (Å²) in [5.41, 5.74) is 12.9. The molecule has 0 spiro atoms. The lowest BCUT2D eigenvalue weighted by Crippen LogP contribution is -2.22. The Kier molecular flexibility index (Phi) is 5.77. The third-order valence-corrected chi connectivity index (χ3v) is 5.08. The first-order chi connectivity index (χ1) is 16.7. The van der Waals surface area contributed by atoms with Crippen molar-refractivity contribution in [2.75, 3.05) is 10.7 Å². The summed E-state index contributed by atoms with van der Waals surface area (Å²) in [6.07, 6.45) is 4.26. The highest BCUT2D eigenvalue weighted by Gasteiger charge is 2.29. The van der Waals surface area contributed by atoms with Crippen LogP contribution in [0, 0.1) is 0 Å². The maximum absolute atomic E-state index is 12.8. The summed E-state index contributed by atoms with van der Waals surface area (Å²) in [6.45, 7) is 0. The molecule has 1 aromatic heterocycles. The third kappa shape index (κ3) is 4.30. The quantitative estimate of drug-likeness (QED) is 0.331. The number of hydrazone groups is 1. The Hall–Kier alpha value is -5.39. The minimum atomic E-state index is -1.10. The van der Waals surface area contributed by atoms with E-state index in [-0.39, 0.29) is 39.8 Å². The SMILES string of the molecule is NC1=NN(c2ccc(C(=O)O)cc2)C(=O)C1=CC=Cc1c(N)nn(-c2ccc(C(=O)O)cc2)c1O. The van der Waals surface area contributed by atoms with Crippen molar-refractivity contribution in [3.63, 3.8) is 0 Å². The zero-order valence-corrected chi connectivity index (χ0v) is 17.9. The first kappa shape index (κ1) is 22.8. The standard InChI is InChI=1S/C23H18N6O6/c24-18-16(20(30)28(26-18)14-8-4-12(5-9-14)22(32)33)2-1-3-17-19(25)27-29(21(17)31)15-10-6-13(7-11-15)23(34)35/h1-11,30H,(H2,24,26)(H2,25,27)(H,32,33)(H,34,35). The van der Waals surface area contributed by atoms with Gasteiger partial charge in [0.05, 0.1) is 33.6 Å². The van der Waals surface area contributed by atoms with Crippen LogP contribution in [0.2, 0.25) is 0 Å². The smallest absolute Gasteiger partial charge is 0.335 e. The van der Waals surface area contributed by atoms with Gasteiger partial charge in [0.2, 0.25) is 5.88 Å². The number of amidine groups is 1. The Morgan fingerprint density at radius 2 is 1.43 bits per heavy atom. The minimum Gasteiger partial charge on any atom is -0.493 e. The molecule has 0 aliphatic carbocycles. The number of nitrogens with zero attached hydrogens (tertiary/aromatic N) is 4. The van der Waals surface area contributed by atoms with Crippen molar-refractivity contribution in [3.05, 3.63) is 82.9 Å². The molecule has 2 heterocycles. The summed E-state index contributed by atoms with van der Waals surface area (Å²) >= 11 is 0. The number of amides is 1. The summed E-state index contributed by atoms with van der Waals surface area (Å²) in [6, 6.07) is 11.2. The molecule has 0 fully saturated rings. The monoisotopic (exact) mass is 474 g/mol. The first-order valence-electron chi connectivity index (χ1n) is 9.99. The molecule has 1 aliphatic heterocycles. The molecular weight excluding hydrogens is 456 g/mol. The maximum atomic E-state index is 12.8. The lowest BCUT2D eigenvalue weighted by atomic mass is 10.1. The van der Waals surface area contributed by atoms with Crippen LogP contribution in [-0.4, -0.2) is 48.8 Å². The highest BCUT2D eigenvalue weighted by molar-refractivity contribution is 6.29. The molecule has 12 heteroatoms. The van der Waals surface area contributed by atoms with Gasteiger partial charge in [-0.1, -0.05) is 6.08 Å². The molecule has 0 saturated heterocycles. The van der Waals surface area contributed by atoms with Crippen LogP contribution in [0.4, 0.5) is 11.5 Å². The Balaban J connectivity index is 1.55. The second-order valence-corrected chi connectivity index (χ2v) is 7.28. The lowest BCUT2D eigenvalue weighted by Gasteiger charge is -2.11. The molecule has 1 aliphatic rings. The van der Waals surface area contributed by atoms with Crippen LogP contribution in [0.5, 0.6) is 5.88 Å². The van der Waals surface area contributed by atoms with Crippen LogP contribution in [-0.2, 0) is 4.79 Å². The number of benzene rings is 2. The fraction of sp³-hybridized carbons (Fsp3) is 0. The zero-order valence-electron chi connectivity index (χ0n) is 17.9. The van der Waals surface area contributed by atoms with Gasteiger partial charge in [0.25, 0.3) is 5.91 Å². The number of carboxylic acid groups (broad SMARTS) is 2. The van der Waals surface area contributed by atoms with E-state index < -0.39 is 17.8 Å². The predicted octanol–water partition coefficient (Wildman–Crippen LogP) is 1.82. The van der Waals surface area contributed by atoms with Gasteiger partial charge in [-0.3, -0.25) is 4.79 Å². The number of nitrogens with two attached hydrogens (primary N) is 2. The number of carboxylic acids is 2. The molecule has 7 N–H and O–H groups in total. The van der Waals surface area contributed by atoms with Gasteiger partial charge in [0.15, 0.2) is 11.7 Å². The molecular formula is C23H18N6O6. The Bertz CT molecular complexity index is 1430. The van der Waals surface area contributed by atoms with Crippen molar-refractivity contribution in [2.24, 2.45) is 10.8 Å². The van der Waals surface area contributed by atoms with Crippen molar-refractivity contribution in [1.29, 1.82) is 0 Å². The topological polar surface area (TPSA) is 197 Å². The summed E-state index contributed by atoms with van der Waals surface area (Å²) in [4.78, 5) is 34.8. The fourth-order valence-corrected chi connectivity index (χ4v) is 3.27. The molecule has 0 unspecified atom stereocenters. The van der Waals surface area contributed by atoms with Crippen LogP contribution in [0.1, 0.15) is 26.3 Å². The van der Waals surface area contributed by atoms with E-state index in [0.29, 0.717) is 11.4 Å². The van der Waals surface area contributed by atoms with Gasteiger partial charge in [-0.15, -0.1) is 10.2 Å². The lowest BCUT2D eigenvalue weighted by molar-refractivity contribution is -0.114. The molecule has 0 radical (unpaired) electrons. The van der Waals surface area contributed by atoms with Gasteiger partial charge in [-0.25, -0.2) is 9.59 Å². The molecule has 0 saturated carbocycles. The number of hydrogen-bond acceptors (Lipinski definition) is 8. The number of hydrogen-bond donors (Lipinski definition) is 5. The van der Waals surface area contributed by atoms with E-state index in [0.717, 1.165) is 9.69 Å². The molecule has 12 nitrogen and oxygen atoms in total. The van der Waals surface area contributed by atoms with Gasteiger partial charge < -0.3 is 26.8 Å². The normalized spacial score (nSPS) is 14.6. The number of aromatic hydroxyl groups is 1. The van der Waals surface area contributed by atoms with Gasteiger partial charge in [0, 0.05) is 0 Å². The average molecular weight is 474 g/mol. The van der Waals surface area contributed by atoms with Crippen LogP contribution < -0.4 is 16.5 Å². The number of rotatable bonds is 6. The minimum absolute atomic E-state index is 0.000930. The van der Waals surface area contributed by atoms with Crippen LogP contribution in [0.3, 0.4) is 0 Å². The van der Waals surface area contributed by atoms with Crippen molar-refractivity contribution >= 4 is 41.3 Å². The Morgan fingerprint density at radius 1 is 0.886 bits per heavy atom. The number of aromatic carboxylic acids is 2. The largest absolute Gasteiger partial charge is 0.493 e. The summed E-state index contributed by atoms with van der Waals surface area (Å²) in [5.74, 6) is -3.05. The molecule has 0 bridgehead atoms. The zero-order chi connectivity index (χ0) is 25.3. The second-order valence-electron chi connectivity index (χ2n) is 7.28. The van der Waals surface area contributed by atoms with Gasteiger partial charge in [-0.05, 0) is 60.7 Å². The van der Waals surface area contributed by atoms with Crippen LogP contribution in [0.15, 0.2) is 71.4 Å². The third-order valence-electron chi connectivity index (χ3n) is 5.08. The van der Waals surface area contributed by atoms with E-state index in [1.807, 2.05) is 0 Å². The van der Waals surface area contributed by atoms with Crippen molar-refractivity contribution in [2.45, 2.75) is 0 Å². The molecule has 4 rings (SSSR count). The summed E-state index contributed by atoms with van der Waals surface area (Å²) < 4.78 is 1.15. The van der Waals surface area contributed by atoms with Gasteiger partial charge in [-0.2, -0.15) is 9.69 Å². The number of allylic oxidation sites excluding steroid dienone is 2. The molecule has 0 atom stereocenters. The average Bonchev–Trinajstić information content (AvgIpc) is 3.28. The molecule has 1 amide bonds. The second kappa shape index (κ2) is 8.86. The van der Waals surface area contributed by atoms with E-state index in [1.54, 1.807) is 0 Å². The number of carbonyl (C=O) groups is 3. The van der Waals surface area contributed by atoms with E-state index in [4.69, 9.17) is 21.7 Å². The molecule has 176 valence electrons. The number of aromatic nitrogens is 2. The molecule has 35 heavy (non-hydrogen) atoms. The maximum Gasteiger partial charge on any atom is 0.335 e. The van der Waals surface area contributed by atoms with Gasteiger partial charge >= 0.3 is 11.9 Å². The van der Waals surface area contributed by atoms with Gasteiger partial charge in [0.1, 0.15) is 0 Å². The first-order valence-corrected chi connectivity index (χ1v) is 9.99. The summed E-state index contributed by atoms with van der Waals surface area (Å²) in [5, 5.41) is 37.7. The number of carbonyl (C=O) groups excluding carboxylic acids is 1. The van der Waals surface area contributed by atoms with Crippen LogP contribution in [0.25, 0.3) is 11.8 Å². The van der Waals surface area contributed by atoms with E-state index in [9.17, 15) is 19.5 Å². The van der Waals surface area contributed by atoms with E-state index >= 15 is 0 Å². The highest BCUT2D eigenvalue weighted by Crippen LogP contribution is 2.28. The fourth-order valence-electron chi connectivity index (χ4n) is 3.27. The van der Waals surface area contributed by atoms with Crippen molar-refractivity contribution < 1.29 is 29.7 Å². The van der Waals surface area contributed by atoms with Crippen LogP contribution >= 0.6 is 0 Å². The molecule has 3 aromatic rings. The summed E-state index contributed by atoms with van der Waals surface area (Å²) in [7, 11) is 0. The van der Waals surface area contributed by atoms with Crippen molar-refractivity contribution in [1.82, 2.24) is 9.78 Å². The van der Waals surface area contributed by atoms with Crippen molar-refractivity contribution in [3.8, 4) is 11.6 Å². The number of nitrogen functional groups attached to an aromatic ring is 1.